The van der Waals surface area contributed by atoms with E-state index in [2.05, 4.69) is 4.74 Å². The predicted octanol–water partition coefficient (Wildman–Crippen LogP) is 4.89. The molecule has 6 heteroatoms. The first-order valence-electron chi connectivity index (χ1n) is 5.61. The number of rotatable bonds is 4. The van der Waals surface area contributed by atoms with Crippen LogP contribution < -0.4 is 4.74 Å². The maximum absolute atomic E-state index is 13.1. The van der Waals surface area contributed by atoms with Crippen LogP contribution in [0.1, 0.15) is 16.5 Å². The van der Waals surface area contributed by atoms with Crippen molar-refractivity contribution in [2.24, 2.45) is 0 Å². The second-order valence-corrected chi connectivity index (χ2v) is 4.42. The highest BCUT2D eigenvalue weighted by Crippen LogP contribution is 2.31. The lowest BCUT2D eigenvalue weighted by molar-refractivity contribution is -0.0498. The quantitative estimate of drug-likeness (QED) is 0.577. The molecular formula is C14H9ClF4O. The Kier molecular flexibility index (Phi) is 4.49. The Balaban J connectivity index is 2.28. The molecule has 0 saturated carbocycles. The first kappa shape index (κ1) is 14.7. The van der Waals surface area contributed by atoms with Crippen LogP contribution in [0.25, 0.3) is 0 Å². The number of ether oxygens (including phenoxy) is 1. The minimum atomic E-state index is -2.94. The van der Waals surface area contributed by atoms with Gasteiger partial charge in [-0.1, -0.05) is 18.2 Å². The molecule has 0 bridgehead atoms. The zero-order valence-corrected chi connectivity index (χ0v) is 10.8. The molecule has 0 amide bonds. The predicted molar refractivity (Wildman–Crippen MR) is 67.1 cm³/mol. The number of hydrogen-bond donors (Lipinski definition) is 0. The van der Waals surface area contributed by atoms with Gasteiger partial charge in [-0.25, -0.2) is 8.78 Å². The summed E-state index contributed by atoms with van der Waals surface area (Å²) < 4.78 is 54.5. The molecule has 0 fully saturated rings. The molecular weight excluding hydrogens is 296 g/mol. The standard InChI is InChI=1S/C14H9ClF4O/c15-13(9-4-5-11(16)12(17)7-9)8-2-1-3-10(6-8)20-14(18)19/h1-7,13-14H. The molecule has 2 aromatic carbocycles. The largest absolute Gasteiger partial charge is 0.435 e. The average Bonchev–Trinajstić information content (AvgIpc) is 2.40. The van der Waals surface area contributed by atoms with E-state index in [9.17, 15) is 17.6 Å². The fraction of sp³-hybridized carbons (Fsp3) is 0.143. The summed E-state index contributed by atoms with van der Waals surface area (Å²) in [5.41, 5.74) is 0.760. The Morgan fingerprint density at radius 2 is 1.60 bits per heavy atom. The lowest BCUT2D eigenvalue weighted by Crippen LogP contribution is -2.03. The summed E-state index contributed by atoms with van der Waals surface area (Å²) in [4.78, 5) is 0. The third-order valence-electron chi connectivity index (χ3n) is 2.61. The summed E-state index contributed by atoms with van der Waals surface area (Å²) in [5, 5.41) is -0.800. The second kappa shape index (κ2) is 6.13. The zero-order valence-electron chi connectivity index (χ0n) is 9.99. The van der Waals surface area contributed by atoms with E-state index in [0.717, 1.165) is 12.1 Å². The van der Waals surface area contributed by atoms with Gasteiger partial charge in [-0.2, -0.15) is 8.78 Å². The summed E-state index contributed by atoms with van der Waals surface area (Å²) in [7, 11) is 0. The third kappa shape index (κ3) is 3.42. The van der Waals surface area contributed by atoms with Crippen LogP contribution in [-0.2, 0) is 0 Å². The van der Waals surface area contributed by atoms with E-state index in [-0.39, 0.29) is 5.75 Å². The number of benzene rings is 2. The van der Waals surface area contributed by atoms with Gasteiger partial charge in [0.15, 0.2) is 11.6 Å². The number of halogens is 5. The number of alkyl halides is 3. The Labute approximate surface area is 117 Å². The summed E-state index contributed by atoms with van der Waals surface area (Å²) in [6.45, 7) is -2.94. The van der Waals surface area contributed by atoms with Crippen molar-refractivity contribution in [3.63, 3.8) is 0 Å². The molecule has 0 aliphatic carbocycles. The molecule has 0 aliphatic rings. The maximum atomic E-state index is 13.1. The van der Waals surface area contributed by atoms with Crippen molar-refractivity contribution < 1.29 is 22.3 Å². The van der Waals surface area contributed by atoms with Crippen molar-refractivity contribution in [3.05, 3.63) is 65.2 Å². The van der Waals surface area contributed by atoms with Crippen LogP contribution in [0.3, 0.4) is 0 Å². The van der Waals surface area contributed by atoms with Gasteiger partial charge in [-0.05, 0) is 35.4 Å². The Bertz CT molecular complexity index is 603. The maximum Gasteiger partial charge on any atom is 0.387 e. The summed E-state index contributed by atoms with van der Waals surface area (Å²) >= 11 is 6.13. The van der Waals surface area contributed by atoms with Gasteiger partial charge in [0, 0.05) is 0 Å². The van der Waals surface area contributed by atoms with E-state index < -0.39 is 23.6 Å². The fourth-order valence-corrected chi connectivity index (χ4v) is 1.98. The van der Waals surface area contributed by atoms with Gasteiger partial charge in [-0.15, -0.1) is 11.6 Å². The summed E-state index contributed by atoms with van der Waals surface area (Å²) in [6.07, 6.45) is 0. The van der Waals surface area contributed by atoms with Crippen LogP contribution in [0.5, 0.6) is 5.75 Å². The zero-order chi connectivity index (χ0) is 14.7. The lowest BCUT2D eigenvalue weighted by atomic mass is 10.0. The Morgan fingerprint density at radius 3 is 2.25 bits per heavy atom. The van der Waals surface area contributed by atoms with Crippen LogP contribution in [0.15, 0.2) is 42.5 Å². The molecule has 0 saturated heterocycles. The topological polar surface area (TPSA) is 9.23 Å². The molecule has 0 aliphatic heterocycles. The van der Waals surface area contributed by atoms with Crippen molar-refractivity contribution in [3.8, 4) is 5.75 Å². The van der Waals surface area contributed by atoms with E-state index in [1.54, 1.807) is 6.07 Å². The molecule has 0 aromatic heterocycles. The minimum absolute atomic E-state index is 0.0502. The van der Waals surface area contributed by atoms with Crippen LogP contribution in [-0.4, -0.2) is 6.61 Å². The van der Waals surface area contributed by atoms with Crippen molar-refractivity contribution >= 4 is 11.6 Å². The Hall–Kier alpha value is -1.75. The third-order valence-corrected chi connectivity index (χ3v) is 3.12. The highest BCUT2D eigenvalue weighted by Gasteiger charge is 2.15. The molecule has 0 spiro atoms. The van der Waals surface area contributed by atoms with E-state index in [4.69, 9.17) is 11.6 Å². The minimum Gasteiger partial charge on any atom is -0.435 e. The van der Waals surface area contributed by atoms with Crippen molar-refractivity contribution in [2.45, 2.75) is 12.0 Å². The van der Waals surface area contributed by atoms with Crippen LogP contribution in [0.4, 0.5) is 17.6 Å². The number of hydrogen-bond acceptors (Lipinski definition) is 1. The molecule has 0 radical (unpaired) electrons. The SMILES string of the molecule is Fc1ccc(C(Cl)c2cccc(OC(F)F)c2)cc1F. The normalized spacial score (nSPS) is 12.5. The second-order valence-electron chi connectivity index (χ2n) is 3.99. The van der Waals surface area contributed by atoms with E-state index in [0.29, 0.717) is 11.1 Å². The van der Waals surface area contributed by atoms with Gasteiger partial charge >= 0.3 is 6.61 Å². The summed E-state index contributed by atoms with van der Waals surface area (Å²) in [5.74, 6) is -2.05. The Morgan fingerprint density at radius 1 is 0.900 bits per heavy atom. The first-order chi connectivity index (χ1) is 9.47. The fourth-order valence-electron chi connectivity index (χ4n) is 1.71. The van der Waals surface area contributed by atoms with Gasteiger partial charge < -0.3 is 4.74 Å². The van der Waals surface area contributed by atoms with Gasteiger partial charge in [-0.3, -0.25) is 0 Å². The molecule has 1 atom stereocenters. The van der Waals surface area contributed by atoms with Crippen LogP contribution >= 0.6 is 11.6 Å². The van der Waals surface area contributed by atoms with Gasteiger partial charge in [0.05, 0.1) is 5.38 Å². The van der Waals surface area contributed by atoms with Crippen molar-refractivity contribution in [1.29, 1.82) is 0 Å². The smallest absolute Gasteiger partial charge is 0.387 e. The molecule has 1 unspecified atom stereocenters. The van der Waals surface area contributed by atoms with E-state index in [1.807, 2.05) is 0 Å². The van der Waals surface area contributed by atoms with Crippen molar-refractivity contribution in [2.75, 3.05) is 0 Å². The molecule has 20 heavy (non-hydrogen) atoms. The van der Waals surface area contributed by atoms with E-state index >= 15 is 0 Å². The lowest BCUT2D eigenvalue weighted by Gasteiger charge is -2.12. The molecule has 0 N–H and O–H groups in total. The van der Waals surface area contributed by atoms with Gasteiger partial charge in [0.2, 0.25) is 0 Å². The van der Waals surface area contributed by atoms with Gasteiger partial charge in [0.1, 0.15) is 5.75 Å². The first-order valence-corrected chi connectivity index (χ1v) is 6.05. The average molecular weight is 305 g/mol. The molecule has 2 aromatic rings. The molecule has 0 heterocycles. The molecule has 1 nitrogen and oxygen atoms in total. The van der Waals surface area contributed by atoms with Crippen LogP contribution in [0.2, 0.25) is 0 Å². The monoisotopic (exact) mass is 304 g/mol. The highest BCUT2D eigenvalue weighted by atomic mass is 35.5. The van der Waals surface area contributed by atoms with Crippen LogP contribution in [0, 0.1) is 11.6 Å². The molecule has 2 rings (SSSR count). The van der Waals surface area contributed by atoms with Gasteiger partial charge in [0.25, 0.3) is 0 Å². The van der Waals surface area contributed by atoms with E-state index in [1.165, 1.54) is 24.3 Å². The molecule has 106 valence electrons. The van der Waals surface area contributed by atoms with Crippen molar-refractivity contribution in [1.82, 2.24) is 0 Å². The highest BCUT2D eigenvalue weighted by molar-refractivity contribution is 6.22. The summed E-state index contributed by atoms with van der Waals surface area (Å²) in [6, 6.07) is 9.00.